The van der Waals surface area contributed by atoms with E-state index in [0.29, 0.717) is 61.8 Å². The molecule has 3 aromatic rings. The zero-order valence-corrected chi connectivity index (χ0v) is 30.5. The molecule has 4 rings (SSSR count). The number of rotatable bonds is 7. The number of aromatic nitrogens is 2. The second-order valence-corrected chi connectivity index (χ2v) is 14.7. The highest BCUT2D eigenvalue weighted by atomic mass is 35.5. The minimum atomic E-state index is -0.629. The van der Waals surface area contributed by atoms with Gasteiger partial charge in [0.25, 0.3) is 11.8 Å². The molecule has 3 heterocycles. The summed E-state index contributed by atoms with van der Waals surface area (Å²) < 4.78 is 0. The number of nitrogens with one attached hydrogen (secondary N) is 3. The number of nitrogens with zero attached hydrogens (tertiary/aromatic N) is 3. The van der Waals surface area contributed by atoms with Crippen LogP contribution in [-0.4, -0.2) is 64.2 Å². The van der Waals surface area contributed by atoms with Crippen LogP contribution in [0.5, 0.6) is 0 Å². The van der Waals surface area contributed by atoms with Gasteiger partial charge in [0.15, 0.2) is 0 Å². The monoisotopic (exact) mass is 717 g/mol. The molecule has 5 N–H and O–H groups in total. The Balaban J connectivity index is 0.00000625. The van der Waals surface area contributed by atoms with Crippen molar-refractivity contribution in [3.63, 3.8) is 0 Å². The van der Waals surface area contributed by atoms with E-state index in [-0.39, 0.29) is 71.7 Å². The van der Waals surface area contributed by atoms with Crippen LogP contribution >= 0.6 is 35.1 Å². The predicted molar refractivity (Wildman–Crippen MR) is 192 cm³/mol. The summed E-state index contributed by atoms with van der Waals surface area (Å²) in [7, 11) is 0. The van der Waals surface area contributed by atoms with Crippen molar-refractivity contribution >= 4 is 58.7 Å². The zero-order chi connectivity index (χ0) is 33.9. The van der Waals surface area contributed by atoms with Gasteiger partial charge in [-0.2, -0.15) is 0 Å². The number of fused-ring (bicyclic) bond motifs is 4. The first kappa shape index (κ1) is 39.1. The maximum atomic E-state index is 13.5. The molecule has 1 aliphatic heterocycles. The van der Waals surface area contributed by atoms with Crippen LogP contribution in [0, 0.1) is 11.8 Å². The van der Waals surface area contributed by atoms with Crippen molar-refractivity contribution in [3.05, 3.63) is 68.1 Å². The number of nitrogens with two attached hydrogens (primary N) is 1. The molecule has 0 radical (unpaired) electrons. The minimum Gasteiger partial charge on any atom is -0.351 e. The van der Waals surface area contributed by atoms with E-state index in [0.717, 1.165) is 5.56 Å². The lowest BCUT2D eigenvalue weighted by Gasteiger charge is -2.27. The average Bonchev–Trinajstić information content (AvgIpc) is 3.72. The Kier molecular flexibility index (Phi) is 15.4. The van der Waals surface area contributed by atoms with E-state index in [4.69, 9.17) is 5.73 Å². The Hall–Kier alpha value is -3.39. The lowest BCUT2D eigenvalue weighted by molar-refractivity contribution is -0.133. The van der Waals surface area contributed by atoms with Crippen LogP contribution in [0.25, 0.3) is 0 Å². The third kappa shape index (κ3) is 11.6. The Morgan fingerprint density at radius 1 is 0.896 bits per heavy atom. The molecule has 1 aliphatic rings. The van der Waals surface area contributed by atoms with E-state index in [1.165, 1.54) is 22.7 Å². The van der Waals surface area contributed by atoms with Crippen LogP contribution in [0.3, 0.4) is 0 Å². The summed E-state index contributed by atoms with van der Waals surface area (Å²) in [5, 5.41) is 13.8. The summed E-state index contributed by atoms with van der Waals surface area (Å²) in [6.07, 6.45) is 2.91. The molecule has 1 aromatic carbocycles. The normalized spacial score (nSPS) is 19.1. The zero-order valence-electron chi connectivity index (χ0n) is 28.1. The molecule has 0 saturated carbocycles. The molecule has 4 bridgehead atoms. The molecule has 2 aromatic heterocycles. The average molecular weight is 718 g/mol. The van der Waals surface area contributed by atoms with Crippen molar-refractivity contribution < 1.29 is 19.2 Å². The molecule has 0 aliphatic carbocycles. The van der Waals surface area contributed by atoms with Crippen molar-refractivity contribution in [1.82, 2.24) is 30.8 Å². The molecular formula is C34H48ClN7O4S2. The van der Waals surface area contributed by atoms with Gasteiger partial charge in [-0.25, -0.2) is 9.97 Å². The van der Waals surface area contributed by atoms with Crippen LogP contribution in [0.4, 0.5) is 0 Å². The molecule has 11 nitrogen and oxygen atoms in total. The smallest absolute Gasteiger partial charge is 0.271 e. The highest BCUT2D eigenvalue weighted by Gasteiger charge is 2.26. The summed E-state index contributed by atoms with van der Waals surface area (Å²) in [6.45, 7) is 9.31. The molecule has 48 heavy (non-hydrogen) atoms. The number of thiazole rings is 2. The second kappa shape index (κ2) is 19.0. The standard InChI is InChI=1S/C34H47N7O4S2.ClH/c1-21(2)16-24(35)34(45)41-14-8-12-29(42)37-25(17-22(3)4)32-40-28(20-47-32)31(44)38-26(18-23-10-6-5-7-11-23)33-39-27(19-46-33)30(43)36-13-9-15-41;/h5-7,10-11,19-22,24-26H,8-9,12-18,35H2,1-4H3,(H,36,43)(H,37,42)(H,38,44);1H/t24-,25+,26+;/m1./s1. The number of halogens is 1. The number of amides is 4. The van der Waals surface area contributed by atoms with Crippen molar-refractivity contribution in [3.8, 4) is 0 Å². The maximum Gasteiger partial charge on any atom is 0.271 e. The molecule has 0 saturated heterocycles. The van der Waals surface area contributed by atoms with Gasteiger partial charge < -0.3 is 26.6 Å². The Morgan fingerprint density at radius 2 is 1.52 bits per heavy atom. The fourth-order valence-electron chi connectivity index (χ4n) is 5.51. The van der Waals surface area contributed by atoms with Crippen molar-refractivity contribution in [2.75, 3.05) is 19.6 Å². The molecule has 262 valence electrons. The number of carbonyl (C=O) groups is 4. The maximum absolute atomic E-state index is 13.5. The summed E-state index contributed by atoms with van der Waals surface area (Å²) >= 11 is 2.65. The summed E-state index contributed by atoms with van der Waals surface area (Å²) in [6, 6.07) is 8.31. The van der Waals surface area contributed by atoms with Crippen molar-refractivity contribution in [2.45, 2.75) is 84.3 Å². The molecular weight excluding hydrogens is 670 g/mol. The first-order chi connectivity index (χ1) is 22.5. The molecule has 14 heteroatoms. The number of carbonyl (C=O) groups excluding carboxylic acids is 4. The lowest BCUT2D eigenvalue weighted by Crippen LogP contribution is -2.46. The van der Waals surface area contributed by atoms with Crippen LogP contribution < -0.4 is 21.7 Å². The topological polar surface area (TPSA) is 159 Å². The second-order valence-electron chi connectivity index (χ2n) is 12.9. The molecule has 0 unspecified atom stereocenters. The predicted octanol–water partition coefficient (Wildman–Crippen LogP) is 5.05. The number of hydrogen-bond donors (Lipinski definition) is 4. The van der Waals surface area contributed by atoms with Crippen molar-refractivity contribution in [2.24, 2.45) is 17.6 Å². The van der Waals surface area contributed by atoms with E-state index in [9.17, 15) is 19.2 Å². The van der Waals surface area contributed by atoms with Gasteiger partial charge in [0.2, 0.25) is 11.8 Å². The third-order valence-electron chi connectivity index (χ3n) is 7.81. The Labute approximate surface area is 297 Å². The van der Waals surface area contributed by atoms with Gasteiger partial charge in [-0.05, 0) is 49.5 Å². The summed E-state index contributed by atoms with van der Waals surface area (Å²) in [5.74, 6) is -0.428. The largest absolute Gasteiger partial charge is 0.351 e. The van der Waals surface area contributed by atoms with E-state index in [1.807, 2.05) is 44.2 Å². The van der Waals surface area contributed by atoms with E-state index < -0.39 is 12.1 Å². The Morgan fingerprint density at radius 3 is 2.17 bits per heavy atom. The Bertz CT molecular complexity index is 1500. The van der Waals surface area contributed by atoms with E-state index >= 15 is 0 Å². The van der Waals surface area contributed by atoms with E-state index in [2.05, 4.69) is 39.8 Å². The van der Waals surface area contributed by atoms with Crippen molar-refractivity contribution in [1.29, 1.82) is 0 Å². The summed E-state index contributed by atoms with van der Waals surface area (Å²) in [4.78, 5) is 64.0. The van der Waals surface area contributed by atoms with Gasteiger partial charge in [-0.15, -0.1) is 35.1 Å². The molecule has 0 spiro atoms. The van der Waals surface area contributed by atoms with Crippen LogP contribution in [0.2, 0.25) is 0 Å². The van der Waals surface area contributed by atoms with Crippen LogP contribution in [0.15, 0.2) is 41.1 Å². The van der Waals surface area contributed by atoms with Crippen LogP contribution in [0.1, 0.15) is 108 Å². The minimum absolute atomic E-state index is 0. The first-order valence-electron chi connectivity index (χ1n) is 16.4. The molecule has 3 atom stereocenters. The van der Waals surface area contributed by atoms with Gasteiger partial charge >= 0.3 is 0 Å². The van der Waals surface area contributed by atoms with Gasteiger partial charge in [0, 0.05) is 36.8 Å². The fraction of sp³-hybridized carbons (Fsp3) is 0.529. The molecule has 0 fully saturated rings. The van der Waals surface area contributed by atoms with Gasteiger partial charge in [-0.1, -0.05) is 58.0 Å². The SMILES string of the molecule is CC(C)C[C@@H](N)C(=O)N1CCCNC(=O)c2csc(n2)[C@H](Cc2ccccc2)NC(=O)c2csc(n2)[C@H](CC(C)C)NC(=O)CCC1.Cl. The van der Waals surface area contributed by atoms with Gasteiger partial charge in [0.05, 0.1) is 18.1 Å². The van der Waals surface area contributed by atoms with Gasteiger partial charge in [-0.3, -0.25) is 19.2 Å². The summed E-state index contributed by atoms with van der Waals surface area (Å²) in [5.41, 5.74) is 7.81. The number of benzene rings is 1. The quantitative estimate of drug-likeness (QED) is 0.266. The molecule has 4 amide bonds. The van der Waals surface area contributed by atoms with E-state index in [1.54, 1.807) is 15.7 Å². The van der Waals surface area contributed by atoms with Crippen LogP contribution in [-0.2, 0) is 16.0 Å². The lowest BCUT2D eigenvalue weighted by atomic mass is 10.0. The highest BCUT2D eigenvalue weighted by molar-refractivity contribution is 7.10. The fourth-order valence-corrected chi connectivity index (χ4v) is 7.23. The highest BCUT2D eigenvalue weighted by Crippen LogP contribution is 2.27. The third-order valence-corrected chi connectivity index (χ3v) is 9.73. The number of hydrogen-bond acceptors (Lipinski definition) is 9. The van der Waals surface area contributed by atoms with Gasteiger partial charge in [0.1, 0.15) is 21.4 Å². The first-order valence-corrected chi connectivity index (χ1v) is 18.1.